The van der Waals surface area contributed by atoms with Crippen molar-refractivity contribution in [3.05, 3.63) is 77.4 Å². The molecular formula is C38H39N3O7. The van der Waals surface area contributed by atoms with Crippen LogP contribution in [0.5, 0.6) is 17.2 Å². The summed E-state index contributed by atoms with van der Waals surface area (Å²) in [5.41, 5.74) is 4.73. The van der Waals surface area contributed by atoms with Crippen LogP contribution in [0.2, 0.25) is 0 Å². The van der Waals surface area contributed by atoms with Gasteiger partial charge >= 0.3 is 5.97 Å². The van der Waals surface area contributed by atoms with Crippen LogP contribution in [0.4, 0.5) is 5.69 Å². The Labute approximate surface area is 278 Å². The fourth-order valence-corrected chi connectivity index (χ4v) is 7.13. The van der Waals surface area contributed by atoms with Gasteiger partial charge in [0.1, 0.15) is 11.3 Å². The number of nitrogens with one attached hydrogen (secondary N) is 3. The zero-order valence-electron chi connectivity index (χ0n) is 26.9. The van der Waals surface area contributed by atoms with Gasteiger partial charge in [-0.05, 0) is 99.0 Å². The Morgan fingerprint density at radius 1 is 0.979 bits per heavy atom. The summed E-state index contributed by atoms with van der Waals surface area (Å²) in [6, 6.07) is 16.8. The third kappa shape index (κ3) is 6.10. The molecule has 2 amide bonds. The topological polar surface area (TPSA) is 139 Å². The Kier molecular flexibility index (Phi) is 8.56. The smallest absolute Gasteiger partial charge is 0.328 e. The van der Waals surface area contributed by atoms with Crippen molar-refractivity contribution in [1.82, 2.24) is 10.3 Å². The number of aromatic amines is 1. The van der Waals surface area contributed by atoms with Crippen LogP contribution in [-0.4, -0.2) is 46.8 Å². The Morgan fingerprint density at radius 3 is 2.54 bits per heavy atom. The van der Waals surface area contributed by atoms with Gasteiger partial charge in [0.25, 0.3) is 5.91 Å². The second kappa shape index (κ2) is 13.1. The molecular weight excluding hydrogens is 610 g/mol. The summed E-state index contributed by atoms with van der Waals surface area (Å²) >= 11 is 0. The van der Waals surface area contributed by atoms with E-state index in [1.165, 1.54) is 30.9 Å². The third-order valence-corrected chi connectivity index (χ3v) is 9.75. The zero-order chi connectivity index (χ0) is 33.3. The van der Waals surface area contributed by atoms with Crippen LogP contribution in [0.15, 0.2) is 60.7 Å². The monoisotopic (exact) mass is 649 g/mol. The number of rotatable bonds is 10. The molecule has 1 aromatic heterocycles. The van der Waals surface area contributed by atoms with Crippen molar-refractivity contribution in [1.29, 1.82) is 0 Å². The molecule has 0 spiro atoms. The molecule has 4 N–H and O–H groups in total. The Hall–Kier alpha value is -5.25. The molecule has 2 fully saturated rings. The van der Waals surface area contributed by atoms with E-state index in [1.807, 2.05) is 37.3 Å². The number of aliphatic carboxylic acids is 1. The molecule has 1 aliphatic heterocycles. The van der Waals surface area contributed by atoms with E-state index in [-0.39, 0.29) is 18.6 Å². The van der Waals surface area contributed by atoms with Gasteiger partial charge in [-0.1, -0.05) is 25.3 Å². The highest BCUT2D eigenvalue weighted by atomic mass is 16.7. The van der Waals surface area contributed by atoms with Crippen LogP contribution in [0.3, 0.4) is 0 Å². The molecule has 2 heterocycles. The van der Waals surface area contributed by atoms with Gasteiger partial charge in [0, 0.05) is 45.4 Å². The third-order valence-electron chi connectivity index (χ3n) is 9.75. The van der Waals surface area contributed by atoms with E-state index in [0.717, 1.165) is 59.0 Å². The number of carboxylic acids is 1. The normalized spacial score (nSPS) is 16.9. The second-order valence-corrected chi connectivity index (χ2v) is 12.8. The highest BCUT2D eigenvalue weighted by Gasteiger charge is 2.45. The molecule has 3 aliphatic rings. The lowest BCUT2D eigenvalue weighted by Gasteiger charge is -2.40. The van der Waals surface area contributed by atoms with Crippen molar-refractivity contribution >= 4 is 40.4 Å². The summed E-state index contributed by atoms with van der Waals surface area (Å²) < 4.78 is 16.9. The zero-order valence-corrected chi connectivity index (χ0v) is 26.9. The number of benzene rings is 3. The lowest BCUT2D eigenvalue weighted by molar-refractivity contribution is -0.131. The van der Waals surface area contributed by atoms with Gasteiger partial charge in [-0.15, -0.1) is 0 Å². The summed E-state index contributed by atoms with van der Waals surface area (Å²) in [5, 5.41) is 16.1. The summed E-state index contributed by atoms with van der Waals surface area (Å²) in [6.45, 7) is 2.41. The number of fused-ring (bicyclic) bond motifs is 2. The molecule has 48 heavy (non-hydrogen) atoms. The minimum absolute atomic E-state index is 0.214. The molecule has 0 bridgehead atoms. The number of H-pyrrole nitrogens is 1. The number of aromatic nitrogens is 1. The number of carboxylic acid groups (broad SMARTS) is 1. The molecule has 3 aromatic carbocycles. The Morgan fingerprint density at radius 2 is 1.79 bits per heavy atom. The van der Waals surface area contributed by atoms with Gasteiger partial charge < -0.3 is 34.9 Å². The van der Waals surface area contributed by atoms with Crippen LogP contribution in [0, 0.1) is 0 Å². The van der Waals surface area contributed by atoms with Gasteiger partial charge in [0.15, 0.2) is 11.5 Å². The van der Waals surface area contributed by atoms with Gasteiger partial charge in [0.2, 0.25) is 12.7 Å². The lowest BCUT2D eigenvalue weighted by atomic mass is 9.75. The highest BCUT2D eigenvalue weighted by molar-refractivity contribution is 6.06. The molecule has 0 unspecified atom stereocenters. The predicted octanol–water partition coefficient (Wildman–Crippen LogP) is 7.40. The second-order valence-electron chi connectivity index (χ2n) is 12.8. The largest absolute Gasteiger partial charge is 0.493 e. The standard InChI is InChI=1S/C38H39N3O7/c1-2-46-31-21-27(13-9-23(31)12-16-33(42)43)39-37(45)38(17-6-18-38)41-36(44)26-10-14-28-29(19-26)40-35(34(28)24-7-4-3-5-8-24)25-11-15-30-32(20-25)48-22-47-30/h9-16,19-21,24,40H,2-8,17-18,22H2,1H3,(H,39,45)(H,41,44)(H,42,43)/b16-12+. The number of amides is 2. The molecule has 10 heteroatoms. The number of carbonyl (C=O) groups excluding carboxylic acids is 2. The minimum atomic E-state index is -1.07. The maximum atomic E-state index is 13.7. The Bertz CT molecular complexity index is 1920. The van der Waals surface area contributed by atoms with E-state index in [9.17, 15) is 14.4 Å². The number of anilines is 1. The van der Waals surface area contributed by atoms with Crippen LogP contribution in [-0.2, 0) is 9.59 Å². The van der Waals surface area contributed by atoms with Gasteiger partial charge in [-0.2, -0.15) is 0 Å². The molecule has 248 valence electrons. The van der Waals surface area contributed by atoms with Crippen molar-refractivity contribution in [2.45, 2.75) is 69.7 Å². The first kappa shape index (κ1) is 31.4. The first-order chi connectivity index (χ1) is 23.3. The van der Waals surface area contributed by atoms with Crippen LogP contribution < -0.4 is 24.8 Å². The molecule has 0 saturated heterocycles. The summed E-state index contributed by atoms with van der Waals surface area (Å²) in [7, 11) is 0. The summed E-state index contributed by atoms with van der Waals surface area (Å²) in [6.07, 6.45) is 10.2. The van der Waals surface area contributed by atoms with Gasteiger partial charge in [0.05, 0.1) is 12.3 Å². The quantitative estimate of drug-likeness (QED) is 0.131. The van der Waals surface area contributed by atoms with Crippen molar-refractivity contribution in [2.24, 2.45) is 0 Å². The first-order valence-electron chi connectivity index (χ1n) is 16.7. The van der Waals surface area contributed by atoms with E-state index >= 15 is 0 Å². The predicted molar refractivity (Wildman–Crippen MR) is 183 cm³/mol. The number of carbonyl (C=O) groups is 3. The lowest BCUT2D eigenvalue weighted by Crippen LogP contribution is -2.61. The fraction of sp³-hybridized carbons (Fsp3) is 0.342. The molecule has 2 aliphatic carbocycles. The fourth-order valence-electron chi connectivity index (χ4n) is 7.13. The van der Waals surface area contributed by atoms with Crippen molar-refractivity contribution in [2.75, 3.05) is 18.7 Å². The van der Waals surface area contributed by atoms with Crippen molar-refractivity contribution in [3.63, 3.8) is 0 Å². The van der Waals surface area contributed by atoms with E-state index in [0.29, 0.717) is 47.9 Å². The molecule has 2 saturated carbocycles. The first-order valence-corrected chi connectivity index (χ1v) is 16.7. The number of ether oxygens (including phenoxy) is 3. The molecule has 10 nitrogen and oxygen atoms in total. The molecule has 0 atom stereocenters. The summed E-state index contributed by atoms with van der Waals surface area (Å²) in [5.74, 6) is 0.652. The van der Waals surface area contributed by atoms with Gasteiger partial charge in [-0.25, -0.2) is 4.79 Å². The SMILES string of the molecule is CCOc1cc(NC(=O)C2(NC(=O)c3ccc4c(C5CCCCC5)c(-c5ccc6c(c5)OCO6)[nH]c4c3)CCC2)ccc1/C=C/C(=O)O. The van der Waals surface area contributed by atoms with Crippen LogP contribution in [0.1, 0.15) is 85.7 Å². The molecule has 0 radical (unpaired) electrons. The minimum Gasteiger partial charge on any atom is -0.493 e. The van der Waals surface area contributed by atoms with E-state index < -0.39 is 11.5 Å². The van der Waals surface area contributed by atoms with E-state index in [4.69, 9.17) is 19.3 Å². The maximum Gasteiger partial charge on any atom is 0.328 e. The number of hydrogen-bond donors (Lipinski definition) is 4. The van der Waals surface area contributed by atoms with Crippen molar-refractivity contribution in [3.8, 4) is 28.5 Å². The average molecular weight is 650 g/mol. The number of hydrogen-bond acceptors (Lipinski definition) is 6. The van der Waals surface area contributed by atoms with E-state index in [2.05, 4.69) is 21.7 Å². The average Bonchev–Trinajstić information content (AvgIpc) is 3.70. The van der Waals surface area contributed by atoms with E-state index in [1.54, 1.807) is 18.2 Å². The maximum absolute atomic E-state index is 13.7. The molecule has 7 rings (SSSR count). The van der Waals surface area contributed by atoms with Crippen molar-refractivity contribution < 1.29 is 33.7 Å². The molecule has 4 aromatic rings. The Balaban J connectivity index is 1.14. The summed E-state index contributed by atoms with van der Waals surface area (Å²) in [4.78, 5) is 42.0. The van der Waals surface area contributed by atoms with Gasteiger partial charge in [-0.3, -0.25) is 9.59 Å². The van der Waals surface area contributed by atoms with Crippen LogP contribution in [0.25, 0.3) is 28.2 Å². The van der Waals surface area contributed by atoms with Crippen LogP contribution >= 0.6 is 0 Å². The highest BCUT2D eigenvalue weighted by Crippen LogP contribution is 2.44.